The fraction of sp³-hybridized carbons (Fsp3) is 1.00. The molecular weight excluding hydrogens is 198 g/mol. The molecule has 0 aromatic heterocycles. The van der Waals surface area contributed by atoms with Crippen LogP contribution in [0.3, 0.4) is 0 Å². The van der Waals surface area contributed by atoms with Gasteiger partial charge in [-0.1, -0.05) is 0 Å². The highest BCUT2D eigenvalue weighted by molar-refractivity contribution is 5.85. The molecule has 1 spiro atoms. The third-order valence-corrected chi connectivity index (χ3v) is 4.15. The molecule has 2 rings (SSSR count). The standard InChI is InChI=1S/C11H21NO.ClH/c1-13-10-6-11(7-10)4-2-9(8-12)3-5-11;/h9-10H,2-8,12H2,1H3;1H. The van der Waals surface area contributed by atoms with Gasteiger partial charge in [0.1, 0.15) is 0 Å². The third-order valence-electron chi connectivity index (χ3n) is 4.15. The average Bonchev–Trinajstić information content (AvgIpc) is 2.14. The normalized spacial score (nSPS) is 41.6. The molecule has 14 heavy (non-hydrogen) atoms. The monoisotopic (exact) mass is 219 g/mol. The van der Waals surface area contributed by atoms with Crippen LogP contribution in [-0.4, -0.2) is 19.8 Å². The predicted octanol–water partition coefficient (Wildman–Crippen LogP) is 2.35. The smallest absolute Gasteiger partial charge is 0.0582 e. The van der Waals surface area contributed by atoms with Crippen molar-refractivity contribution in [3.63, 3.8) is 0 Å². The number of hydrogen-bond acceptors (Lipinski definition) is 2. The largest absolute Gasteiger partial charge is 0.381 e. The second-order valence-corrected chi connectivity index (χ2v) is 4.95. The number of rotatable bonds is 2. The summed E-state index contributed by atoms with van der Waals surface area (Å²) >= 11 is 0. The topological polar surface area (TPSA) is 35.2 Å². The van der Waals surface area contributed by atoms with E-state index in [1.54, 1.807) is 0 Å². The molecule has 2 aliphatic rings. The lowest BCUT2D eigenvalue weighted by atomic mass is 9.58. The Kier molecular flexibility index (Phi) is 4.23. The Morgan fingerprint density at radius 3 is 2.29 bits per heavy atom. The van der Waals surface area contributed by atoms with Crippen LogP contribution in [0.4, 0.5) is 0 Å². The van der Waals surface area contributed by atoms with Crippen LogP contribution in [0, 0.1) is 11.3 Å². The SMILES string of the molecule is COC1CC2(CCC(CN)CC2)C1.Cl. The van der Waals surface area contributed by atoms with Crippen molar-refractivity contribution in [2.75, 3.05) is 13.7 Å². The van der Waals surface area contributed by atoms with Gasteiger partial charge in [0.2, 0.25) is 0 Å². The second kappa shape index (κ2) is 4.82. The van der Waals surface area contributed by atoms with Gasteiger partial charge >= 0.3 is 0 Å². The summed E-state index contributed by atoms with van der Waals surface area (Å²) < 4.78 is 5.34. The first-order chi connectivity index (χ1) is 6.28. The molecule has 2 saturated carbocycles. The summed E-state index contributed by atoms with van der Waals surface area (Å²) in [6, 6.07) is 0. The van der Waals surface area contributed by atoms with Gasteiger partial charge < -0.3 is 10.5 Å². The second-order valence-electron chi connectivity index (χ2n) is 4.95. The van der Waals surface area contributed by atoms with Gasteiger partial charge in [0.05, 0.1) is 6.10 Å². The van der Waals surface area contributed by atoms with E-state index in [9.17, 15) is 0 Å². The van der Waals surface area contributed by atoms with Gasteiger partial charge in [-0.3, -0.25) is 0 Å². The number of hydrogen-bond donors (Lipinski definition) is 1. The highest BCUT2D eigenvalue weighted by Gasteiger charge is 2.45. The first-order valence-electron chi connectivity index (χ1n) is 5.51. The Balaban J connectivity index is 0.000000980. The van der Waals surface area contributed by atoms with Crippen molar-refractivity contribution in [1.29, 1.82) is 0 Å². The molecule has 2 N–H and O–H groups in total. The summed E-state index contributed by atoms with van der Waals surface area (Å²) in [4.78, 5) is 0. The van der Waals surface area contributed by atoms with Crippen LogP contribution in [0.15, 0.2) is 0 Å². The molecule has 0 amide bonds. The Morgan fingerprint density at radius 1 is 1.29 bits per heavy atom. The molecule has 0 saturated heterocycles. The molecule has 0 atom stereocenters. The van der Waals surface area contributed by atoms with Crippen molar-refractivity contribution in [3.8, 4) is 0 Å². The van der Waals surface area contributed by atoms with E-state index in [0.29, 0.717) is 11.5 Å². The molecule has 2 aliphatic carbocycles. The summed E-state index contributed by atoms with van der Waals surface area (Å²) in [6.45, 7) is 0.893. The number of halogens is 1. The molecular formula is C11H22ClNO. The van der Waals surface area contributed by atoms with Crippen LogP contribution in [0.5, 0.6) is 0 Å². The quantitative estimate of drug-likeness (QED) is 0.774. The van der Waals surface area contributed by atoms with Crippen LogP contribution < -0.4 is 5.73 Å². The maximum absolute atomic E-state index is 5.68. The van der Waals surface area contributed by atoms with Crippen molar-refractivity contribution < 1.29 is 4.74 Å². The van der Waals surface area contributed by atoms with Gasteiger partial charge in [0.25, 0.3) is 0 Å². The van der Waals surface area contributed by atoms with Crippen molar-refractivity contribution in [3.05, 3.63) is 0 Å². The summed E-state index contributed by atoms with van der Waals surface area (Å²) in [6.07, 6.45) is 8.68. The average molecular weight is 220 g/mol. The predicted molar refractivity (Wildman–Crippen MR) is 60.7 cm³/mol. The Morgan fingerprint density at radius 2 is 1.86 bits per heavy atom. The van der Waals surface area contributed by atoms with E-state index >= 15 is 0 Å². The third kappa shape index (κ3) is 2.23. The van der Waals surface area contributed by atoms with E-state index in [0.717, 1.165) is 12.5 Å². The van der Waals surface area contributed by atoms with Crippen LogP contribution in [0.25, 0.3) is 0 Å². The Hall–Kier alpha value is 0.210. The zero-order valence-corrected chi connectivity index (χ0v) is 9.81. The molecule has 84 valence electrons. The minimum absolute atomic E-state index is 0. The molecule has 2 fully saturated rings. The lowest BCUT2D eigenvalue weighted by molar-refractivity contribution is -0.0825. The van der Waals surface area contributed by atoms with Crippen molar-refractivity contribution in [2.45, 2.75) is 44.6 Å². The molecule has 0 heterocycles. The van der Waals surface area contributed by atoms with E-state index in [-0.39, 0.29) is 12.4 Å². The van der Waals surface area contributed by atoms with E-state index in [4.69, 9.17) is 10.5 Å². The summed E-state index contributed by atoms with van der Waals surface area (Å²) in [5.74, 6) is 0.812. The van der Waals surface area contributed by atoms with Gasteiger partial charge in [0.15, 0.2) is 0 Å². The number of methoxy groups -OCH3 is 1. The molecule has 0 bridgehead atoms. The lowest BCUT2D eigenvalue weighted by Gasteiger charge is -2.50. The number of ether oxygens (including phenoxy) is 1. The minimum atomic E-state index is 0. The molecule has 0 aromatic carbocycles. The van der Waals surface area contributed by atoms with Crippen molar-refractivity contribution in [1.82, 2.24) is 0 Å². The van der Waals surface area contributed by atoms with Gasteiger partial charge in [-0.2, -0.15) is 0 Å². The van der Waals surface area contributed by atoms with E-state index in [1.165, 1.54) is 38.5 Å². The lowest BCUT2D eigenvalue weighted by Crippen LogP contribution is -2.44. The summed E-state index contributed by atoms with van der Waals surface area (Å²) in [5, 5.41) is 0. The number of nitrogens with two attached hydrogens (primary N) is 1. The van der Waals surface area contributed by atoms with Crippen LogP contribution in [-0.2, 0) is 4.74 Å². The van der Waals surface area contributed by atoms with E-state index in [1.807, 2.05) is 7.11 Å². The minimum Gasteiger partial charge on any atom is -0.381 e. The van der Waals surface area contributed by atoms with Crippen molar-refractivity contribution >= 4 is 12.4 Å². The van der Waals surface area contributed by atoms with Crippen LogP contribution in [0.1, 0.15) is 38.5 Å². The van der Waals surface area contributed by atoms with Crippen LogP contribution in [0.2, 0.25) is 0 Å². The highest BCUT2D eigenvalue weighted by atomic mass is 35.5. The molecule has 2 nitrogen and oxygen atoms in total. The maximum Gasteiger partial charge on any atom is 0.0582 e. The van der Waals surface area contributed by atoms with Gasteiger partial charge in [0, 0.05) is 7.11 Å². The van der Waals surface area contributed by atoms with E-state index in [2.05, 4.69) is 0 Å². The summed E-state index contributed by atoms with van der Waals surface area (Å²) in [5.41, 5.74) is 6.35. The Bertz CT molecular complexity index is 170. The summed E-state index contributed by atoms with van der Waals surface area (Å²) in [7, 11) is 1.84. The van der Waals surface area contributed by atoms with Gasteiger partial charge in [-0.25, -0.2) is 0 Å². The molecule has 3 heteroatoms. The fourth-order valence-electron chi connectivity index (χ4n) is 3.01. The van der Waals surface area contributed by atoms with Crippen molar-refractivity contribution in [2.24, 2.45) is 17.1 Å². The van der Waals surface area contributed by atoms with Gasteiger partial charge in [-0.05, 0) is 56.4 Å². The van der Waals surface area contributed by atoms with E-state index < -0.39 is 0 Å². The van der Waals surface area contributed by atoms with Crippen LogP contribution >= 0.6 is 12.4 Å². The zero-order chi connectivity index (χ0) is 9.31. The first-order valence-corrected chi connectivity index (χ1v) is 5.51. The fourth-order valence-corrected chi connectivity index (χ4v) is 3.01. The molecule has 0 radical (unpaired) electrons. The zero-order valence-electron chi connectivity index (χ0n) is 9.00. The first kappa shape index (κ1) is 12.3. The molecule has 0 unspecified atom stereocenters. The molecule has 0 aliphatic heterocycles. The molecule has 0 aromatic rings. The van der Waals surface area contributed by atoms with Gasteiger partial charge in [-0.15, -0.1) is 12.4 Å². The maximum atomic E-state index is 5.68. The highest BCUT2D eigenvalue weighted by Crippen LogP contribution is 2.53. The Labute approximate surface area is 93.0 Å².